The zero-order valence-corrected chi connectivity index (χ0v) is 25.5. The summed E-state index contributed by atoms with van der Waals surface area (Å²) in [4.78, 5) is 73.6. The summed E-state index contributed by atoms with van der Waals surface area (Å²) in [6, 6.07) is 5.22. The molecule has 0 spiro atoms. The van der Waals surface area contributed by atoms with E-state index < -0.39 is 85.0 Å². The molecule has 1 N–H and O–H groups in total. The first-order valence-corrected chi connectivity index (χ1v) is 13.4. The van der Waals surface area contributed by atoms with Gasteiger partial charge in [0, 0.05) is 38.2 Å². The number of rotatable bonds is 11. The molecule has 1 aliphatic heterocycles. The van der Waals surface area contributed by atoms with Crippen molar-refractivity contribution in [3.8, 4) is 5.75 Å². The molecule has 1 aromatic rings. The van der Waals surface area contributed by atoms with E-state index >= 15 is 0 Å². The topological polar surface area (TPSA) is 179 Å². The van der Waals surface area contributed by atoms with E-state index in [1.807, 2.05) is 0 Å². The van der Waals surface area contributed by atoms with Gasteiger partial charge in [-0.2, -0.15) is 0 Å². The van der Waals surface area contributed by atoms with Gasteiger partial charge in [-0.15, -0.1) is 0 Å². The van der Waals surface area contributed by atoms with Gasteiger partial charge in [-0.1, -0.05) is 0 Å². The third kappa shape index (κ3) is 9.84. The number of carbonyl (C=O) groups excluding carboxylic acids is 6. The van der Waals surface area contributed by atoms with Crippen LogP contribution in [-0.4, -0.2) is 85.7 Å². The highest BCUT2D eigenvalue weighted by Gasteiger charge is 2.60. The number of amides is 1. The lowest BCUT2D eigenvalue weighted by molar-refractivity contribution is -0.289. The van der Waals surface area contributed by atoms with Crippen molar-refractivity contribution in [1.82, 2.24) is 5.32 Å². The van der Waals surface area contributed by atoms with E-state index in [-0.39, 0.29) is 5.75 Å². The Kier molecular flexibility index (Phi) is 12.3. The van der Waals surface area contributed by atoms with E-state index in [4.69, 9.17) is 33.2 Å². The molecule has 0 bridgehead atoms. The van der Waals surface area contributed by atoms with Crippen molar-refractivity contribution in [3.63, 3.8) is 0 Å². The van der Waals surface area contributed by atoms with Gasteiger partial charge in [0.1, 0.15) is 24.6 Å². The molecule has 0 unspecified atom stereocenters. The van der Waals surface area contributed by atoms with Crippen molar-refractivity contribution in [3.05, 3.63) is 27.8 Å². The van der Waals surface area contributed by atoms with E-state index in [9.17, 15) is 28.8 Å². The number of carbonyl (C=O) groups is 6. The maximum absolute atomic E-state index is 13.3. The van der Waals surface area contributed by atoms with Crippen molar-refractivity contribution < 1.29 is 61.9 Å². The van der Waals surface area contributed by atoms with Gasteiger partial charge in [-0.25, -0.2) is 4.79 Å². The van der Waals surface area contributed by atoms with Crippen LogP contribution in [0.15, 0.2) is 24.3 Å². The van der Waals surface area contributed by atoms with Crippen LogP contribution in [0.4, 0.5) is 0 Å². The minimum atomic E-state index is -2.32. The standard InChI is InChI=1S/C26H32INO13/c1-13(29)28-22-20(37-15(3)31)11-26(25(34)35-6,40-19-9-7-18(27)8-10-19)41-24(22)23(39-17(5)33)21(38-16(4)32)12-36-14(2)30/h7-10,20-24H,11-12H2,1-6H3,(H,28,29)/t20-,21+,22+,23+,24+,26+/m0/s1. The zero-order valence-electron chi connectivity index (χ0n) is 23.3. The number of nitrogens with one attached hydrogen (secondary N) is 1. The van der Waals surface area contributed by atoms with Gasteiger partial charge >= 0.3 is 35.6 Å². The summed E-state index contributed by atoms with van der Waals surface area (Å²) in [6.45, 7) is 4.92. The average Bonchev–Trinajstić information content (AvgIpc) is 2.86. The Bertz CT molecular complexity index is 1140. The van der Waals surface area contributed by atoms with E-state index in [2.05, 4.69) is 27.9 Å². The quantitative estimate of drug-likeness (QED) is 0.199. The third-order valence-electron chi connectivity index (χ3n) is 5.59. The fraction of sp³-hybridized carbons (Fsp3) is 0.538. The second-order valence-corrected chi connectivity index (χ2v) is 10.2. The van der Waals surface area contributed by atoms with Crippen LogP contribution in [-0.2, 0) is 57.2 Å². The molecular formula is C26H32INO13. The van der Waals surface area contributed by atoms with E-state index in [1.165, 1.54) is 6.92 Å². The molecule has 14 nitrogen and oxygen atoms in total. The second-order valence-electron chi connectivity index (χ2n) is 8.99. The van der Waals surface area contributed by atoms with Crippen LogP contribution in [0.1, 0.15) is 41.0 Å². The molecule has 15 heteroatoms. The largest absolute Gasteiger partial charge is 0.464 e. The lowest BCUT2D eigenvalue weighted by Crippen LogP contribution is -2.70. The highest BCUT2D eigenvalue weighted by molar-refractivity contribution is 14.1. The molecule has 2 rings (SSSR count). The van der Waals surface area contributed by atoms with Gasteiger partial charge in [0.05, 0.1) is 19.6 Å². The van der Waals surface area contributed by atoms with Crippen LogP contribution >= 0.6 is 22.6 Å². The van der Waals surface area contributed by atoms with Crippen LogP contribution in [0.25, 0.3) is 0 Å². The van der Waals surface area contributed by atoms with Crippen molar-refractivity contribution in [2.75, 3.05) is 13.7 Å². The van der Waals surface area contributed by atoms with Crippen molar-refractivity contribution in [1.29, 1.82) is 0 Å². The van der Waals surface area contributed by atoms with Crippen molar-refractivity contribution in [2.45, 2.75) is 77.3 Å². The Balaban J connectivity index is 2.77. The first-order valence-electron chi connectivity index (χ1n) is 12.3. The summed E-state index contributed by atoms with van der Waals surface area (Å²) in [7, 11) is 1.08. The molecule has 0 aromatic heterocycles. The average molecular weight is 693 g/mol. The number of methoxy groups -OCH3 is 1. The van der Waals surface area contributed by atoms with E-state index in [0.29, 0.717) is 0 Å². The Labute approximate surface area is 249 Å². The summed E-state index contributed by atoms with van der Waals surface area (Å²) < 4.78 is 39.4. The van der Waals surface area contributed by atoms with Crippen LogP contribution in [0.2, 0.25) is 0 Å². The highest BCUT2D eigenvalue weighted by atomic mass is 127. The van der Waals surface area contributed by atoms with Crippen LogP contribution in [0.3, 0.4) is 0 Å². The monoisotopic (exact) mass is 693 g/mol. The SMILES string of the molecule is COC(=O)[C@@]1(Oc2ccc(I)cc2)C[C@H](OC(C)=O)[C@@H](NC(C)=O)[C@H]([C@H](OC(C)=O)[C@@H](COC(C)=O)OC(C)=O)O1. The van der Waals surface area contributed by atoms with E-state index in [0.717, 1.165) is 38.4 Å². The first kappa shape index (κ1) is 33.7. The zero-order chi connectivity index (χ0) is 30.9. The van der Waals surface area contributed by atoms with Crippen molar-refractivity contribution in [2.24, 2.45) is 0 Å². The molecule has 1 heterocycles. The molecule has 1 amide bonds. The Hall–Kier alpha value is -3.47. The molecule has 1 aliphatic rings. The van der Waals surface area contributed by atoms with Crippen LogP contribution in [0.5, 0.6) is 5.75 Å². The summed E-state index contributed by atoms with van der Waals surface area (Å²) >= 11 is 2.07. The normalized spacial score (nSPS) is 23.1. The second kappa shape index (κ2) is 15.0. The Morgan fingerprint density at radius 1 is 0.951 bits per heavy atom. The molecule has 1 saturated heterocycles. The van der Waals surface area contributed by atoms with Gasteiger partial charge in [-0.05, 0) is 46.9 Å². The molecule has 0 aliphatic carbocycles. The Morgan fingerprint density at radius 2 is 1.56 bits per heavy atom. The summed E-state index contributed by atoms with van der Waals surface area (Å²) in [5, 5.41) is 2.59. The predicted molar refractivity (Wildman–Crippen MR) is 145 cm³/mol. The number of halogens is 1. The molecular weight excluding hydrogens is 661 g/mol. The fourth-order valence-corrected chi connectivity index (χ4v) is 4.56. The highest BCUT2D eigenvalue weighted by Crippen LogP contribution is 2.38. The maximum Gasteiger partial charge on any atom is 0.379 e. The predicted octanol–water partition coefficient (Wildman–Crippen LogP) is 1.19. The van der Waals surface area contributed by atoms with Gasteiger partial charge in [0.25, 0.3) is 0 Å². The number of benzene rings is 1. The molecule has 1 fully saturated rings. The first-order chi connectivity index (χ1) is 19.2. The minimum absolute atomic E-state index is 0.162. The molecule has 0 radical (unpaired) electrons. The summed E-state index contributed by atoms with van der Waals surface area (Å²) in [5.74, 6) is -7.04. The van der Waals surface area contributed by atoms with Gasteiger partial charge in [-0.3, -0.25) is 24.0 Å². The number of hydrogen-bond acceptors (Lipinski definition) is 13. The van der Waals surface area contributed by atoms with E-state index in [1.54, 1.807) is 24.3 Å². The van der Waals surface area contributed by atoms with Crippen LogP contribution < -0.4 is 10.1 Å². The fourth-order valence-electron chi connectivity index (χ4n) is 4.20. The summed E-state index contributed by atoms with van der Waals surface area (Å²) in [6.07, 6.45) is -6.50. The van der Waals surface area contributed by atoms with Gasteiger partial charge in [0.2, 0.25) is 5.91 Å². The number of ether oxygens (including phenoxy) is 7. The van der Waals surface area contributed by atoms with Crippen LogP contribution in [0, 0.1) is 3.57 Å². The Morgan fingerprint density at radius 3 is 2.05 bits per heavy atom. The third-order valence-corrected chi connectivity index (χ3v) is 6.31. The van der Waals surface area contributed by atoms with Gasteiger partial charge in [0.15, 0.2) is 12.2 Å². The maximum atomic E-state index is 13.3. The molecule has 0 saturated carbocycles. The number of hydrogen-bond donors (Lipinski definition) is 1. The molecule has 226 valence electrons. The lowest BCUT2D eigenvalue weighted by atomic mass is 9.88. The van der Waals surface area contributed by atoms with Gasteiger partial charge < -0.3 is 38.5 Å². The number of esters is 5. The minimum Gasteiger partial charge on any atom is -0.464 e. The lowest BCUT2D eigenvalue weighted by Gasteiger charge is -2.48. The summed E-state index contributed by atoms with van der Waals surface area (Å²) in [5.41, 5.74) is 0. The molecule has 6 atom stereocenters. The van der Waals surface area contributed by atoms with Crippen molar-refractivity contribution >= 4 is 58.3 Å². The molecule has 1 aromatic carbocycles. The smallest absolute Gasteiger partial charge is 0.379 e. The molecule has 41 heavy (non-hydrogen) atoms.